The highest BCUT2D eigenvalue weighted by atomic mass is 16.6. The van der Waals surface area contributed by atoms with Crippen LogP contribution in [-0.4, -0.2) is 60.0 Å². The molecule has 3 heterocycles. The Labute approximate surface area is 157 Å². The summed E-state index contributed by atoms with van der Waals surface area (Å²) in [6.07, 6.45) is 0.459. The number of ether oxygens (including phenoxy) is 2. The molecule has 4 rings (SSSR count). The zero-order valence-corrected chi connectivity index (χ0v) is 15.4. The van der Waals surface area contributed by atoms with Gasteiger partial charge in [0.25, 0.3) is 11.8 Å². The quantitative estimate of drug-likeness (QED) is 0.810. The van der Waals surface area contributed by atoms with E-state index in [2.05, 4.69) is 0 Å². The van der Waals surface area contributed by atoms with Gasteiger partial charge in [-0.25, -0.2) is 0 Å². The lowest BCUT2D eigenvalue weighted by molar-refractivity contribution is -0.145. The molecule has 27 heavy (non-hydrogen) atoms. The Hall–Kier alpha value is -2.96. The first-order chi connectivity index (χ1) is 13.0. The van der Waals surface area contributed by atoms with Crippen LogP contribution in [0.25, 0.3) is 0 Å². The molecule has 0 spiro atoms. The van der Waals surface area contributed by atoms with Crippen LogP contribution in [0.2, 0.25) is 0 Å². The summed E-state index contributed by atoms with van der Waals surface area (Å²) in [4.78, 5) is 29.0. The fourth-order valence-corrected chi connectivity index (χ4v) is 3.48. The van der Waals surface area contributed by atoms with E-state index in [1.54, 1.807) is 28.9 Å². The van der Waals surface area contributed by atoms with E-state index in [9.17, 15) is 9.59 Å². The van der Waals surface area contributed by atoms with Crippen LogP contribution in [0, 0.1) is 6.92 Å². The van der Waals surface area contributed by atoms with Gasteiger partial charge in [0.2, 0.25) is 6.10 Å². The van der Waals surface area contributed by atoms with Crippen LogP contribution < -0.4 is 9.47 Å². The number of benzene rings is 1. The van der Waals surface area contributed by atoms with Crippen molar-refractivity contribution in [1.82, 2.24) is 9.80 Å². The standard InChI is InChI=1S/C20H22N2O5/c1-13-15(7-12-25-13)19(23)21-8-10-22(11-9-21)20(24)18-14(2)26-16-5-3-4-6-17(16)27-18/h3-7,12,14,18H,8-11H2,1-2H3/t14-,18-/m0/s1. The minimum atomic E-state index is -0.682. The van der Waals surface area contributed by atoms with Crippen LogP contribution in [0.1, 0.15) is 23.0 Å². The number of para-hydroxylation sites is 2. The Morgan fingerprint density at radius 3 is 2.22 bits per heavy atom. The molecule has 1 fully saturated rings. The summed E-state index contributed by atoms with van der Waals surface area (Å²) in [5.74, 6) is 1.67. The van der Waals surface area contributed by atoms with E-state index in [1.807, 2.05) is 25.1 Å². The van der Waals surface area contributed by atoms with Gasteiger partial charge in [0, 0.05) is 26.2 Å². The van der Waals surface area contributed by atoms with E-state index in [0.29, 0.717) is 49.0 Å². The Bertz CT molecular complexity index is 854. The average Bonchev–Trinajstić information content (AvgIpc) is 3.12. The Kier molecular flexibility index (Phi) is 4.51. The van der Waals surface area contributed by atoms with Crippen molar-refractivity contribution in [3.63, 3.8) is 0 Å². The van der Waals surface area contributed by atoms with Gasteiger partial charge in [-0.3, -0.25) is 9.59 Å². The number of rotatable bonds is 2. The molecule has 2 atom stereocenters. The second-order valence-corrected chi connectivity index (χ2v) is 6.82. The monoisotopic (exact) mass is 370 g/mol. The molecule has 0 bridgehead atoms. The molecule has 2 aromatic rings. The van der Waals surface area contributed by atoms with Crippen LogP contribution >= 0.6 is 0 Å². The van der Waals surface area contributed by atoms with Crippen molar-refractivity contribution in [3.8, 4) is 11.5 Å². The van der Waals surface area contributed by atoms with Gasteiger partial charge in [-0.05, 0) is 32.0 Å². The van der Waals surface area contributed by atoms with Crippen molar-refractivity contribution in [2.75, 3.05) is 26.2 Å². The third kappa shape index (κ3) is 3.25. The summed E-state index contributed by atoms with van der Waals surface area (Å²) >= 11 is 0. The number of carbonyl (C=O) groups excluding carboxylic acids is 2. The first kappa shape index (κ1) is 17.5. The molecule has 7 heteroatoms. The van der Waals surface area contributed by atoms with Crippen LogP contribution in [0.3, 0.4) is 0 Å². The minimum Gasteiger partial charge on any atom is -0.482 e. The van der Waals surface area contributed by atoms with Gasteiger partial charge in [0.05, 0.1) is 11.8 Å². The molecule has 0 aliphatic carbocycles. The average molecular weight is 370 g/mol. The van der Waals surface area contributed by atoms with Crippen LogP contribution in [0.5, 0.6) is 11.5 Å². The van der Waals surface area contributed by atoms with Gasteiger partial charge in [-0.15, -0.1) is 0 Å². The smallest absolute Gasteiger partial charge is 0.267 e. The zero-order valence-electron chi connectivity index (χ0n) is 15.4. The van der Waals surface area contributed by atoms with E-state index in [-0.39, 0.29) is 17.9 Å². The van der Waals surface area contributed by atoms with Crippen molar-refractivity contribution < 1.29 is 23.5 Å². The second kappa shape index (κ2) is 6.98. The minimum absolute atomic E-state index is 0.0621. The second-order valence-electron chi connectivity index (χ2n) is 6.82. The predicted molar refractivity (Wildman–Crippen MR) is 96.9 cm³/mol. The lowest BCUT2D eigenvalue weighted by Crippen LogP contribution is -2.56. The number of piperazine rings is 1. The molecular weight excluding hydrogens is 348 g/mol. The van der Waals surface area contributed by atoms with Crippen molar-refractivity contribution in [2.24, 2.45) is 0 Å². The summed E-state index contributed by atoms with van der Waals surface area (Å²) < 4.78 is 16.9. The number of furan rings is 1. The molecule has 0 unspecified atom stereocenters. The van der Waals surface area contributed by atoms with Gasteiger partial charge in [-0.2, -0.15) is 0 Å². The number of hydrogen-bond donors (Lipinski definition) is 0. The van der Waals surface area contributed by atoms with E-state index < -0.39 is 6.10 Å². The summed E-state index contributed by atoms with van der Waals surface area (Å²) in [7, 11) is 0. The maximum atomic E-state index is 12.9. The number of amides is 2. The number of aryl methyl sites for hydroxylation is 1. The van der Waals surface area contributed by atoms with Crippen LogP contribution in [0.4, 0.5) is 0 Å². The molecule has 1 saturated heterocycles. The van der Waals surface area contributed by atoms with Crippen LogP contribution in [-0.2, 0) is 4.79 Å². The molecule has 0 radical (unpaired) electrons. The maximum absolute atomic E-state index is 12.9. The number of carbonyl (C=O) groups is 2. The predicted octanol–water partition coefficient (Wildman–Crippen LogP) is 2.10. The third-order valence-electron chi connectivity index (χ3n) is 5.05. The highest BCUT2D eigenvalue weighted by Gasteiger charge is 2.38. The summed E-state index contributed by atoms with van der Waals surface area (Å²) in [6.45, 7) is 5.50. The largest absolute Gasteiger partial charge is 0.482 e. The number of nitrogens with zero attached hydrogens (tertiary/aromatic N) is 2. The van der Waals surface area contributed by atoms with Crippen LogP contribution in [0.15, 0.2) is 41.0 Å². The molecule has 2 aliphatic heterocycles. The SMILES string of the molecule is Cc1occc1C(=O)N1CCN(C(=O)[C@H]2Oc3ccccc3O[C@H]2C)CC1. The molecule has 1 aromatic carbocycles. The molecular formula is C20H22N2O5. The molecule has 2 aliphatic rings. The Balaban J connectivity index is 1.39. The van der Waals surface area contributed by atoms with Gasteiger partial charge < -0.3 is 23.7 Å². The fourth-order valence-electron chi connectivity index (χ4n) is 3.48. The zero-order chi connectivity index (χ0) is 19.0. The number of hydrogen-bond acceptors (Lipinski definition) is 5. The summed E-state index contributed by atoms with van der Waals surface area (Å²) in [6, 6.07) is 9.03. The van der Waals surface area contributed by atoms with Crippen molar-refractivity contribution in [3.05, 3.63) is 47.9 Å². The first-order valence-corrected chi connectivity index (χ1v) is 9.09. The fraction of sp³-hybridized carbons (Fsp3) is 0.400. The summed E-state index contributed by atoms with van der Waals surface area (Å²) in [5, 5.41) is 0. The highest BCUT2D eigenvalue weighted by molar-refractivity contribution is 5.95. The molecule has 142 valence electrons. The lowest BCUT2D eigenvalue weighted by Gasteiger charge is -2.38. The van der Waals surface area contributed by atoms with E-state index in [0.717, 1.165) is 0 Å². The topological polar surface area (TPSA) is 72.2 Å². The van der Waals surface area contributed by atoms with Crippen molar-refractivity contribution in [1.29, 1.82) is 0 Å². The number of fused-ring (bicyclic) bond motifs is 1. The molecule has 2 amide bonds. The highest BCUT2D eigenvalue weighted by Crippen LogP contribution is 2.34. The van der Waals surface area contributed by atoms with Crippen molar-refractivity contribution in [2.45, 2.75) is 26.1 Å². The van der Waals surface area contributed by atoms with E-state index in [4.69, 9.17) is 13.9 Å². The molecule has 0 N–H and O–H groups in total. The van der Waals surface area contributed by atoms with Crippen molar-refractivity contribution >= 4 is 11.8 Å². The van der Waals surface area contributed by atoms with E-state index >= 15 is 0 Å². The third-order valence-corrected chi connectivity index (χ3v) is 5.05. The Morgan fingerprint density at radius 1 is 0.963 bits per heavy atom. The lowest BCUT2D eigenvalue weighted by atomic mass is 10.1. The normalized spacial score (nSPS) is 21.9. The summed E-state index contributed by atoms with van der Waals surface area (Å²) in [5.41, 5.74) is 0.573. The first-order valence-electron chi connectivity index (χ1n) is 9.09. The maximum Gasteiger partial charge on any atom is 0.267 e. The Morgan fingerprint density at radius 2 is 1.59 bits per heavy atom. The van der Waals surface area contributed by atoms with E-state index in [1.165, 1.54) is 6.26 Å². The van der Waals surface area contributed by atoms with Gasteiger partial charge >= 0.3 is 0 Å². The molecule has 0 saturated carbocycles. The van der Waals surface area contributed by atoms with Gasteiger partial charge in [0.15, 0.2) is 11.5 Å². The van der Waals surface area contributed by atoms with Gasteiger partial charge in [-0.1, -0.05) is 12.1 Å². The molecule has 7 nitrogen and oxygen atoms in total. The molecule has 1 aromatic heterocycles. The van der Waals surface area contributed by atoms with Gasteiger partial charge in [0.1, 0.15) is 11.9 Å².